The van der Waals surface area contributed by atoms with Crippen LogP contribution >= 0.6 is 0 Å². The van der Waals surface area contributed by atoms with Crippen molar-refractivity contribution in [3.63, 3.8) is 0 Å². The smallest absolute Gasteiger partial charge is 0.433 e. The van der Waals surface area contributed by atoms with Crippen LogP contribution in [0.15, 0.2) is 46.9 Å². The Morgan fingerprint density at radius 2 is 2.04 bits per heavy atom. The second-order valence-corrected chi connectivity index (χ2v) is 4.81. The van der Waals surface area contributed by atoms with Crippen LogP contribution in [0.2, 0.25) is 0 Å². The largest absolute Gasteiger partial charge is 0.449 e. The highest BCUT2D eigenvalue weighted by molar-refractivity contribution is 5.96. The van der Waals surface area contributed by atoms with Gasteiger partial charge in [0.05, 0.1) is 11.8 Å². The Kier molecular flexibility index (Phi) is 5.62. The van der Waals surface area contributed by atoms with Gasteiger partial charge in [0.15, 0.2) is 6.10 Å². The number of nitro groups is 1. The van der Waals surface area contributed by atoms with Crippen molar-refractivity contribution in [2.24, 2.45) is 0 Å². The molecule has 0 radical (unpaired) electrons. The summed E-state index contributed by atoms with van der Waals surface area (Å²) in [7, 11) is 0. The van der Waals surface area contributed by atoms with E-state index >= 15 is 0 Å². The van der Waals surface area contributed by atoms with Crippen molar-refractivity contribution in [1.29, 1.82) is 0 Å². The number of para-hydroxylation sites is 1. The van der Waals surface area contributed by atoms with Crippen LogP contribution in [-0.2, 0) is 14.3 Å². The Hall–Kier alpha value is -3.49. The number of hydrogen-bond donors (Lipinski definition) is 1. The molecule has 0 unspecified atom stereocenters. The summed E-state index contributed by atoms with van der Waals surface area (Å²) < 4.78 is 23.1. The second kappa shape index (κ2) is 7.86. The third kappa shape index (κ3) is 4.99. The van der Waals surface area contributed by atoms with Crippen LogP contribution in [0.5, 0.6) is 0 Å². The molecular weight excluding hydrogens is 335 g/mol. The highest BCUT2D eigenvalue weighted by Crippen LogP contribution is 2.17. The maximum atomic E-state index is 13.5. The van der Waals surface area contributed by atoms with Crippen molar-refractivity contribution < 1.29 is 28.1 Å². The Morgan fingerprint density at radius 3 is 2.68 bits per heavy atom. The van der Waals surface area contributed by atoms with Gasteiger partial charge in [-0.2, -0.15) is 0 Å². The zero-order valence-corrected chi connectivity index (χ0v) is 13.0. The van der Waals surface area contributed by atoms with E-state index in [0.29, 0.717) is 0 Å². The van der Waals surface area contributed by atoms with Gasteiger partial charge in [0.1, 0.15) is 16.5 Å². The number of rotatable bonds is 6. The van der Waals surface area contributed by atoms with Crippen LogP contribution in [-0.4, -0.2) is 22.9 Å². The average molecular weight is 348 g/mol. The molecule has 0 fully saturated rings. The van der Waals surface area contributed by atoms with Gasteiger partial charge in [0.2, 0.25) is 0 Å². The average Bonchev–Trinajstić information content (AvgIpc) is 3.04. The van der Waals surface area contributed by atoms with Gasteiger partial charge in [-0.15, -0.1) is 0 Å². The van der Waals surface area contributed by atoms with E-state index < -0.39 is 34.6 Å². The van der Waals surface area contributed by atoms with Crippen molar-refractivity contribution in [2.75, 3.05) is 5.32 Å². The topological polar surface area (TPSA) is 112 Å². The molecule has 25 heavy (non-hydrogen) atoms. The highest BCUT2D eigenvalue weighted by Gasteiger charge is 2.18. The van der Waals surface area contributed by atoms with E-state index in [4.69, 9.17) is 9.15 Å². The standard InChI is InChI=1S/C16H13FN2O6/c1-10(16(21)18-13-5-3-2-4-12(13)17)24-15(20)9-7-11-6-8-14(25-11)19(22)23/h2-10H,1H3,(H,18,21)/b9-7+/t10-/m0/s1. The van der Waals surface area contributed by atoms with Gasteiger partial charge in [-0.3, -0.25) is 14.9 Å². The molecule has 1 N–H and O–H groups in total. The normalized spacial score (nSPS) is 11.9. The maximum absolute atomic E-state index is 13.5. The van der Waals surface area contributed by atoms with Crippen LogP contribution in [0, 0.1) is 15.9 Å². The van der Waals surface area contributed by atoms with Crippen LogP contribution in [0.3, 0.4) is 0 Å². The van der Waals surface area contributed by atoms with E-state index in [1.165, 1.54) is 31.2 Å². The third-order valence-electron chi connectivity index (χ3n) is 2.97. The number of benzene rings is 1. The number of anilines is 1. The van der Waals surface area contributed by atoms with Crippen LogP contribution in [0.25, 0.3) is 6.08 Å². The number of halogens is 1. The molecule has 1 heterocycles. The molecule has 2 rings (SSSR count). The van der Waals surface area contributed by atoms with Gasteiger partial charge in [-0.05, 0) is 31.2 Å². The van der Waals surface area contributed by atoms with Crippen LogP contribution in [0.4, 0.5) is 16.0 Å². The Morgan fingerprint density at radius 1 is 1.32 bits per heavy atom. The molecule has 0 aliphatic rings. The SMILES string of the molecule is C[C@H](OC(=O)/C=C/c1ccc([N+](=O)[O-])o1)C(=O)Nc1ccccc1F. The van der Waals surface area contributed by atoms with Gasteiger partial charge in [0, 0.05) is 6.08 Å². The van der Waals surface area contributed by atoms with Crippen LogP contribution < -0.4 is 5.32 Å². The number of furan rings is 1. The van der Waals surface area contributed by atoms with Crippen molar-refractivity contribution >= 4 is 29.5 Å². The fourth-order valence-electron chi connectivity index (χ4n) is 1.74. The number of hydrogen-bond acceptors (Lipinski definition) is 6. The summed E-state index contributed by atoms with van der Waals surface area (Å²) in [6, 6.07) is 7.99. The predicted octanol–water partition coefficient (Wildman–Crippen LogP) is 2.91. The summed E-state index contributed by atoms with van der Waals surface area (Å²) in [5.41, 5.74) is -0.0335. The summed E-state index contributed by atoms with van der Waals surface area (Å²) in [5, 5.41) is 12.8. The molecule has 2 aromatic rings. The Bertz CT molecular complexity index is 830. The number of esters is 1. The molecule has 0 bridgehead atoms. The monoisotopic (exact) mass is 348 g/mol. The van der Waals surface area contributed by atoms with E-state index in [0.717, 1.165) is 18.2 Å². The lowest BCUT2D eigenvalue weighted by atomic mass is 10.3. The minimum absolute atomic E-state index is 0.0335. The minimum Gasteiger partial charge on any atom is -0.449 e. The number of carbonyl (C=O) groups excluding carboxylic acids is 2. The summed E-state index contributed by atoms with van der Waals surface area (Å²) in [6.07, 6.45) is 0.939. The van der Waals surface area contributed by atoms with E-state index in [-0.39, 0.29) is 11.4 Å². The van der Waals surface area contributed by atoms with Crippen molar-refractivity contribution in [3.8, 4) is 0 Å². The minimum atomic E-state index is -1.18. The lowest BCUT2D eigenvalue weighted by Crippen LogP contribution is -2.29. The van der Waals surface area contributed by atoms with Gasteiger partial charge in [-0.1, -0.05) is 12.1 Å². The first-order valence-electron chi connectivity index (χ1n) is 7.05. The van der Waals surface area contributed by atoms with Gasteiger partial charge < -0.3 is 14.5 Å². The lowest BCUT2D eigenvalue weighted by Gasteiger charge is -2.12. The molecular formula is C16H13FN2O6. The Balaban J connectivity index is 1.90. The molecule has 1 aromatic heterocycles. The number of amides is 1. The highest BCUT2D eigenvalue weighted by atomic mass is 19.1. The van der Waals surface area contributed by atoms with E-state index in [1.807, 2.05) is 0 Å². The fourth-order valence-corrected chi connectivity index (χ4v) is 1.74. The molecule has 0 spiro atoms. The van der Waals surface area contributed by atoms with E-state index in [2.05, 4.69) is 5.32 Å². The van der Waals surface area contributed by atoms with Crippen molar-refractivity contribution in [1.82, 2.24) is 0 Å². The van der Waals surface area contributed by atoms with E-state index in [9.17, 15) is 24.1 Å². The molecule has 9 heteroatoms. The molecule has 1 aromatic carbocycles. The van der Waals surface area contributed by atoms with Crippen molar-refractivity contribution in [2.45, 2.75) is 13.0 Å². The fraction of sp³-hybridized carbons (Fsp3) is 0.125. The van der Waals surface area contributed by atoms with Crippen LogP contribution in [0.1, 0.15) is 12.7 Å². The van der Waals surface area contributed by atoms with E-state index in [1.54, 1.807) is 6.07 Å². The maximum Gasteiger partial charge on any atom is 0.433 e. The molecule has 130 valence electrons. The number of ether oxygens (including phenoxy) is 1. The Labute approximate surface area is 141 Å². The molecule has 0 saturated carbocycles. The summed E-state index contributed by atoms with van der Waals surface area (Å²) in [6.45, 7) is 1.32. The van der Waals surface area contributed by atoms with Gasteiger partial charge >= 0.3 is 11.9 Å². The third-order valence-corrected chi connectivity index (χ3v) is 2.97. The predicted molar refractivity (Wildman–Crippen MR) is 85.0 cm³/mol. The summed E-state index contributed by atoms with van der Waals surface area (Å²) in [5.74, 6) is -2.58. The first-order valence-corrected chi connectivity index (χ1v) is 7.05. The molecule has 0 aliphatic heterocycles. The molecule has 0 saturated heterocycles. The molecule has 0 aliphatic carbocycles. The zero-order valence-electron chi connectivity index (χ0n) is 13.0. The molecule has 1 amide bonds. The molecule has 8 nitrogen and oxygen atoms in total. The first kappa shape index (κ1) is 17.9. The zero-order chi connectivity index (χ0) is 18.4. The first-order chi connectivity index (χ1) is 11.9. The summed E-state index contributed by atoms with van der Waals surface area (Å²) in [4.78, 5) is 33.3. The van der Waals surface area contributed by atoms with Gasteiger partial charge in [0.25, 0.3) is 5.91 Å². The number of nitrogens with zero attached hydrogens (tertiary/aromatic N) is 1. The van der Waals surface area contributed by atoms with Crippen molar-refractivity contribution in [3.05, 3.63) is 64.2 Å². The number of carbonyl (C=O) groups is 2. The molecule has 1 atom stereocenters. The lowest BCUT2D eigenvalue weighted by molar-refractivity contribution is -0.402. The second-order valence-electron chi connectivity index (χ2n) is 4.81. The number of nitrogens with one attached hydrogen (secondary N) is 1. The summed E-state index contributed by atoms with van der Waals surface area (Å²) >= 11 is 0. The quantitative estimate of drug-likeness (QED) is 0.372. The van der Waals surface area contributed by atoms with Gasteiger partial charge in [-0.25, -0.2) is 9.18 Å².